The van der Waals surface area contributed by atoms with Crippen molar-refractivity contribution in [2.24, 2.45) is 0 Å². The molecule has 0 rings (SSSR count). The number of rotatable bonds is 4. The summed E-state index contributed by atoms with van der Waals surface area (Å²) >= 11 is -0.0547. The molecule has 0 fully saturated rings. The van der Waals surface area contributed by atoms with Crippen LogP contribution in [0, 0.1) is 0 Å². The van der Waals surface area contributed by atoms with E-state index in [1.165, 1.54) is 8.87 Å². The van der Waals surface area contributed by atoms with Gasteiger partial charge in [-0.1, -0.05) is 0 Å². The van der Waals surface area contributed by atoms with Crippen molar-refractivity contribution in [3.8, 4) is 0 Å². The maximum atomic E-state index is 3.64. The van der Waals surface area contributed by atoms with E-state index >= 15 is 0 Å². The molecule has 0 saturated heterocycles. The van der Waals surface area contributed by atoms with Gasteiger partial charge in [0.25, 0.3) is 0 Å². The third-order valence-corrected chi connectivity index (χ3v) is 3.87. The van der Waals surface area contributed by atoms with Crippen molar-refractivity contribution in [3.05, 3.63) is 25.3 Å². The molecule has 0 amide bonds. The van der Waals surface area contributed by atoms with Crippen molar-refractivity contribution in [1.82, 2.24) is 0 Å². The summed E-state index contributed by atoms with van der Waals surface area (Å²) in [6.45, 7) is 7.28. The molecule has 0 nitrogen and oxygen atoms in total. The Morgan fingerprint density at radius 2 is 1.57 bits per heavy atom. The first-order chi connectivity index (χ1) is 3.41. The van der Waals surface area contributed by atoms with Gasteiger partial charge < -0.3 is 0 Å². The standard InChI is InChI=1S/2C3H5.Sn/c2*1-3-2;/h2*3H,1-2H2;. The van der Waals surface area contributed by atoms with Gasteiger partial charge in [-0.2, -0.15) is 0 Å². The normalized spacial score (nSPS) is 8.00. The summed E-state index contributed by atoms with van der Waals surface area (Å²) in [6.07, 6.45) is 4.02. The Bertz CT molecular complexity index is 49.2. The Kier molecular flexibility index (Phi) is 6.53. The molecule has 0 spiro atoms. The second-order valence-corrected chi connectivity index (χ2v) is 4.99. The molecule has 7 heavy (non-hydrogen) atoms. The Balaban J connectivity index is 2.68. The minimum atomic E-state index is -0.0547. The van der Waals surface area contributed by atoms with Gasteiger partial charge in [-0.25, -0.2) is 0 Å². The third kappa shape index (κ3) is 6.28. The van der Waals surface area contributed by atoms with Crippen molar-refractivity contribution in [2.75, 3.05) is 0 Å². The molecule has 0 aliphatic heterocycles. The van der Waals surface area contributed by atoms with Crippen LogP contribution in [-0.4, -0.2) is 21.1 Å². The Hall–Kier alpha value is 0.279. The summed E-state index contributed by atoms with van der Waals surface area (Å²) in [7, 11) is 0. The molecule has 0 heterocycles. The molecule has 2 radical (unpaired) electrons. The van der Waals surface area contributed by atoms with E-state index in [0.717, 1.165) is 0 Å². The fraction of sp³-hybridized carbons (Fsp3) is 0.333. The van der Waals surface area contributed by atoms with E-state index in [0.29, 0.717) is 0 Å². The first kappa shape index (κ1) is 7.28. The van der Waals surface area contributed by atoms with Gasteiger partial charge in [-0.15, -0.1) is 0 Å². The summed E-state index contributed by atoms with van der Waals surface area (Å²) in [5.41, 5.74) is 0. The summed E-state index contributed by atoms with van der Waals surface area (Å²) in [5, 5.41) is 0. The fourth-order valence-electron chi connectivity index (χ4n) is 0.287. The summed E-state index contributed by atoms with van der Waals surface area (Å²) < 4.78 is 2.57. The zero-order valence-corrected chi connectivity index (χ0v) is 7.34. The van der Waals surface area contributed by atoms with Gasteiger partial charge >= 0.3 is 55.3 Å². The van der Waals surface area contributed by atoms with E-state index in [1.807, 2.05) is 12.2 Å². The Morgan fingerprint density at radius 1 is 1.14 bits per heavy atom. The summed E-state index contributed by atoms with van der Waals surface area (Å²) in [5.74, 6) is 0. The van der Waals surface area contributed by atoms with Crippen LogP contribution in [0.3, 0.4) is 0 Å². The number of hydrogen-bond donors (Lipinski definition) is 0. The van der Waals surface area contributed by atoms with Gasteiger partial charge in [0.2, 0.25) is 0 Å². The predicted octanol–water partition coefficient (Wildman–Crippen LogP) is 1.90. The fourth-order valence-corrected chi connectivity index (χ4v) is 1.93. The maximum absolute atomic E-state index is 3.64. The van der Waals surface area contributed by atoms with E-state index in [9.17, 15) is 0 Å². The quantitative estimate of drug-likeness (QED) is 0.370. The Morgan fingerprint density at radius 3 is 1.86 bits per heavy atom. The average molecular weight is 201 g/mol. The second kappa shape index (κ2) is 6.28. The summed E-state index contributed by atoms with van der Waals surface area (Å²) in [4.78, 5) is 0. The molecule has 1 heteroatoms. The first-order valence-electron chi connectivity index (χ1n) is 2.34. The van der Waals surface area contributed by atoms with Crippen LogP contribution in [0.1, 0.15) is 0 Å². The average Bonchev–Trinajstić information content (AvgIpc) is 1.69. The number of allylic oxidation sites excluding steroid dienone is 2. The molecule has 0 unspecified atom stereocenters. The van der Waals surface area contributed by atoms with Crippen LogP contribution in [0.5, 0.6) is 0 Å². The van der Waals surface area contributed by atoms with Gasteiger partial charge in [0, 0.05) is 0 Å². The first-order valence-corrected chi connectivity index (χ1v) is 6.38. The zero-order chi connectivity index (χ0) is 5.54. The van der Waals surface area contributed by atoms with E-state index in [4.69, 9.17) is 0 Å². The van der Waals surface area contributed by atoms with Crippen molar-refractivity contribution in [2.45, 2.75) is 8.87 Å². The molecule has 0 aromatic rings. The van der Waals surface area contributed by atoms with Crippen LogP contribution in [0.4, 0.5) is 0 Å². The predicted molar refractivity (Wildman–Crippen MR) is 35.8 cm³/mol. The van der Waals surface area contributed by atoms with Crippen molar-refractivity contribution in [3.63, 3.8) is 0 Å². The molecule has 0 atom stereocenters. The topological polar surface area (TPSA) is 0 Å². The van der Waals surface area contributed by atoms with Gasteiger partial charge in [-0.3, -0.25) is 0 Å². The monoisotopic (exact) mass is 202 g/mol. The molecule has 0 aliphatic rings. The summed E-state index contributed by atoms with van der Waals surface area (Å²) in [6, 6.07) is 0. The molecule has 0 aliphatic carbocycles. The molecule has 0 aromatic heterocycles. The van der Waals surface area contributed by atoms with Crippen LogP contribution in [0.25, 0.3) is 0 Å². The third-order valence-electron chi connectivity index (χ3n) is 0.577. The van der Waals surface area contributed by atoms with Crippen LogP contribution in [-0.2, 0) is 0 Å². The van der Waals surface area contributed by atoms with Crippen molar-refractivity contribution in [1.29, 1.82) is 0 Å². The molecule has 0 saturated carbocycles. The van der Waals surface area contributed by atoms with E-state index in [1.54, 1.807) is 0 Å². The SMILES string of the molecule is C=C[CH2][Sn][CH2]C=C. The van der Waals surface area contributed by atoms with Gasteiger partial charge in [0.05, 0.1) is 0 Å². The minimum absolute atomic E-state index is 0.0547. The molecular weight excluding hydrogens is 191 g/mol. The number of hydrogen-bond acceptors (Lipinski definition) is 0. The van der Waals surface area contributed by atoms with E-state index < -0.39 is 0 Å². The van der Waals surface area contributed by atoms with Crippen LogP contribution in [0.2, 0.25) is 8.87 Å². The van der Waals surface area contributed by atoms with Crippen molar-refractivity contribution < 1.29 is 0 Å². The molecule has 0 aromatic carbocycles. The zero-order valence-electron chi connectivity index (χ0n) is 4.48. The Labute approximate surface area is 55.5 Å². The van der Waals surface area contributed by atoms with Crippen LogP contribution >= 0.6 is 0 Å². The van der Waals surface area contributed by atoms with E-state index in [-0.39, 0.29) is 21.1 Å². The van der Waals surface area contributed by atoms with Gasteiger partial charge in [-0.05, 0) is 0 Å². The molecular formula is C6H10Sn. The molecule has 38 valence electrons. The van der Waals surface area contributed by atoms with Crippen LogP contribution in [0.15, 0.2) is 25.3 Å². The second-order valence-electron chi connectivity index (χ2n) is 1.24. The molecule has 0 bridgehead atoms. The molecule has 0 N–H and O–H groups in total. The van der Waals surface area contributed by atoms with E-state index in [2.05, 4.69) is 13.2 Å². The van der Waals surface area contributed by atoms with Crippen molar-refractivity contribution >= 4 is 21.1 Å². The van der Waals surface area contributed by atoms with Crippen LogP contribution < -0.4 is 0 Å². The van der Waals surface area contributed by atoms with Gasteiger partial charge in [0.15, 0.2) is 0 Å². The van der Waals surface area contributed by atoms with Gasteiger partial charge in [0.1, 0.15) is 0 Å².